The fourth-order valence-corrected chi connectivity index (χ4v) is 8.92. The SMILES string of the molecule is C.C.C.C.Cc1cccc2c1-c1nc3nnnn3nc1C2=O.Cc1cccc2c1-c1nn3nnnc3nc1C2=O.Cc1cccc2c1C(=O)c1nc3nnnn3nc1-2.Cc1cccc2c1C(=O)c1nn3nnnc3nc1-2. The van der Waals surface area contributed by atoms with E-state index in [4.69, 9.17) is 0 Å². The monoisotopic (exact) mass is 1020 g/mol. The molecule has 8 heterocycles. The van der Waals surface area contributed by atoms with E-state index in [1.165, 1.54) is 9.26 Å². The van der Waals surface area contributed by atoms with Crippen LogP contribution >= 0.6 is 0 Å². The Morgan fingerprint density at radius 3 is 1.07 bits per heavy atom. The molecule has 4 aliphatic rings. The first kappa shape index (κ1) is 50.2. The molecule has 0 unspecified atom stereocenters. The molecule has 4 aliphatic carbocycles. The van der Waals surface area contributed by atoms with Gasteiger partial charge in [0.2, 0.25) is 23.1 Å². The molecule has 12 aromatic rings. The number of aryl methyl sites for hydroxylation is 4. The molecule has 0 N–H and O–H groups in total. The Hall–Kier alpha value is -10.8. The van der Waals surface area contributed by atoms with Crippen molar-refractivity contribution in [3.05, 3.63) is 140 Å². The lowest BCUT2D eigenvalue weighted by Crippen LogP contribution is -2.06. The number of tetrazole rings is 4. The van der Waals surface area contributed by atoms with E-state index in [0.29, 0.717) is 67.8 Å². The highest BCUT2D eigenvalue weighted by Crippen LogP contribution is 2.39. The number of fused-ring (bicyclic) bond motifs is 16. The number of nitrogens with zero attached hydrogens (tertiary/aromatic N) is 24. The molecular formula is C48H40N24O4. The van der Waals surface area contributed by atoms with Crippen LogP contribution in [-0.4, -0.2) is 144 Å². The Morgan fingerprint density at radius 2 is 0.605 bits per heavy atom. The van der Waals surface area contributed by atoms with Crippen LogP contribution in [0.2, 0.25) is 0 Å². The summed E-state index contributed by atoms with van der Waals surface area (Å²) in [5, 5.41) is 60.2. The molecule has 0 bridgehead atoms. The van der Waals surface area contributed by atoms with Crippen molar-refractivity contribution < 1.29 is 19.2 Å². The van der Waals surface area contributed by atoms with E-state index >= 15 is 0 Å². The summed E-state index contributed by atoms with van der Waals surface area (Å²) in [6.07, 6.45) is 0. The van der Waals surface area contributed by atoms with Gasteiger partial charge in [-0.3, -0.25) is 19.2 Å². The lowest BCUT2D eigenvalue weighted by Gasteiger charge is -2.01. The average molecular weight is 1020 g/mol. The Kier molecular flexibility index (Phi) is 12.3. The number of rotatable bonds is 0. The van der Waals surface area contributed by atoms with Crippen LogP contribution in [0.15, 0.2) is 72.8 Å². The van der Waals surface area contributed by atoms with Crippen molar-refractivity contribution in [2.75, 3.05) is 0 Å². The van der Waals surface area contributed by atoms with Gasteiger partial charge < -0.3 is 0 Å². The van der Waals surface area contributed by atoms with Gasteiger partial charge in [0.15, 0.2) is 11.4 Å². The van der Waals surface area contributed by atoms with Crippen LogP contribution in [0.25, 0.3) is 68.1 Å². The summed E-state index contributed by atoms with van der Waals surface area (Å²) in [5.41, 5.74) is 13.1. The van der Waals surface area contributed by atoms with E-state index in [-0.39, 0.29) is 76.0 Å². The Balaban J connectivity index is 0.000000122. The molecule has 0 saturated carbocycles. The van der Waals surface area contributed by atoms with Crippen LogP contribution in [-0.2, 0) is 0 Å². The van der Waals surface area contributed by atoms with Crippen molar-refractivity contribution in [1.29, 1.82) is 0 Å². The summed E-state index contributed by atoms with van der Waals surface area (Å²) in [5.74, 6) is 0.545. The first-order valence-corrected chi connectivity index (χ1v) is 21.5. The average Bonchev–Trinajstić information content (AvgIpc) is 4.28. The van der Waals surface area contributed by atoms with Gasteiger partial charge >= 0.3 is 0 Å². The van der Waals surface area contributed by atoms with E-state index < -0.39 is 0 Å². The lowest BCUT2D eigenvalue weighted by atomic mass is 10.0. The number of carbonyl (C=O) groups excluding carboxylic acids is 4. The second kappa shape index (κ2) is 18.7. The number of hydrogen-bond donors (Lipinski definition) is 0. The number of carbonyl (C=O) groups is 4. The van der Waals surface area contributed by atoms with Gasteiger partial charge in [-0.05, 0) is 91.7 Å². The molecule has 28 nitrogen and oxygen atoms in total. The van der Waals surface area contributed by atoms with Crippen LogP contribution in [0, 0.1) is 27.7 Å². The van der Waals surface area contributed by atoms with Crippen molar-refractivity contribution in [2.24, 2.45) is 0 Å². The minimum Gasteiger partial charge on any atom is -0.287 e. The van der Waals surface area contributed by atoms with Gasteiger partial charge in [-0.15, -0.1) is 20.4 Å². The normalized spacial score (nSPS) is 12.2. The van der Waals surface area contributed by atoms with E-state index in [0.717, 1.165) is 53.8 Å². The minimum atomic E-state index is -0.131. The van der Waals surface area contributed by atoms with Gasteiger partial charge in [0, 0.05) is 44.5 Å². The molecule has 0 saturated heterocycles. The van der Waals surface area contributed by atoms with Gasteiger partial charge in [-0.1, -0.05) is 141 Å². The standard InChI is InChI=1S/4C11H6N6O.4CH4/c1-5-3-2-4-6-7(5)8-9(10(6)18)12-11-13-15-16-17(11)14-8;1-5-3-2-4-6-7(5)8-9(10(6)18)14-17-11(12-8)13-15-16-17;1-5-3-2-4-6-7(5)10(18)9-8(6)14-17-11(12-9)13-15-16-17;1-5-3-2-4-6-7(5)10(18)9-8(6)12-11-13-15-16-17(11)14-9;;;;/h4*2-4H,1H3;4*1H4. The Bertz CT molecular complexity index is 4130. The third kappa shape index (κ3) is 7.45. The zero-order valence-corrected chi connectivity index (χ0v) is 37.3. The lowest BCUT2D eigenvalue weighted by molar-refractivity contribution is 0.102. The maximum atomic E-state index is 12.3. The van der Waals surface area contributed by atoms with Gasteiger partial charge in [0.25, 0.3) is 23.1 Å². The third-order valence-corrected chi connectivity index (χ3v) is 12.2. The van der Waals surface area contributed by atoms with E-state index in [1.54, 1.807) is 12.1 Å². The summed E-state index contributed by atoms with van der Waals surface area (Å²) < 4.78 is 4.78. The predicted molar refractivity (Wildman–Crippen MR) is 267 cm³/mol. The molecule has 28 heteroatoms. The topological polar surface area (TPSA) is 344 Å². The molecule has 0 amide bonds. The molecule has 0 aliphatic heterocycles. The van der Waals surface area contributed by atoms with Crippen molar-refractivity contribution in [2.45, 2.75) is 57.4 Å². The van der Waals surface area contributed by atoms with E-state index in [9.17, 15) is 19.2 Å². The zero-order chi connectivity index (χ0) is 49.1. The fraction of sp³-hybridized carbons (Fsp3) is 0.167. The predicted octanol–water partition coefficient (Wildman–Crippen LogP) is 4.28. The van der Waals surface area contributed by atoms with Crippen LogP contribution in [0.5, 0.6) is 0 Å². The molecule has 376 valence electrons. The van der Waals surface area contributed by atoms with Gasteiger partial charge in [0.1, 0.15) is 34.2 Å². The summed E-state index contributed by atoms with van der Waals surface area (Å²) in [7, 11) is 0. The quantitative estimate of drug-likeness (QED) is 0.204. The van der Waals surface area contributed by atoms with Crippen molar-refractivity contribution in [3.63, 3.8) is 0 Å². The maximum Gasteiger partial charge on any atom is 0.292 e. The number of hydrogen-bond acceptors (Lipinski definition) is 24. The Labute approximate surface area is 427 Å². The van der Waals surface area contributed by atoms with Crippen LogP contribution < -0.4 is 0 Å². The molecular weight excluding hydrogens is 977 g/mol. The highest BCUT2D eigenvalue weighted by atomic mass is 16.1. The van der Waals surface area contributed by atoms with Crippen molar-refractivity contribution in [3.8, 4) is 45.0 Å². The van der Waals surface area contributed by atoms with Crippen LogP contribution in [0.1, 0.15) is 116 Å². The van der Waals surface area contributed by atoms with Crippen molar-refractivity contribution in [1.82, 2.24) is 121 Å². The third-order valence-electron chi connectivity index (χ3n) is 12.2. The maximum absolute atomic E-state index is 12.3. The highest BCUT2D eigenvalue weighted by Gasteiger charge is 2.36. The highest BCUT2D eigenvalue weighted by molar-refractivity contribution is 6.22. The van der Waals surface area contributed by atoms with Gasteiger partial charge in [0.05, 0.1) is 0 Å². The van der Waals surface area contributed by atoms with E-state index in [2.05, 4.69) is 102 Å². The first-order chi connectivity index (χ1) is 35.0. The largest absolute Gasteiger partial charge is 0.292 e. The number of benzene rings is 4. The summed E-state index contributed by atoms with van der Waals surface area (Å²) in [4.78, 5) is 66.0. The molecule has 0 spiro atoms. The van der Waals surface area contributed by atoms with Crippen molar-refractivity contribution >= 4 is 46.2 Å². The van der Waals surface area contributed by atoms with Crippen LogP contribution in [0.3, 0.4) is 0 Å². The first-order valence-electron chi connectivity index (χ1n) is 21.5. The summed E-state index contributed by atoms with van der Waals surface area (Å²) in [6.45, 7) is 7.67. The smallest absolute Gasteiger partial charge is 0.287 e. The van der Waals surface area contributed by atoms with Gasteiger partial charge in [-0.2, -0.15) is 0 Å². The summed E-state index contributed by atoms with van der Waals surface area (Å²) >= 11 is 0. The molecule has 8 aromatic heterocycles. The molecule has 0 radical (unpaired) electrons. The Morgan fingerprint density at radius 1 is 0.303 bits per heavy atom. The zero-order valence-electron chi connectivity index (χ0n) is 37.3. The summed E-state index contributed by atoms with van der Waals surface area (Å²) in [6, 6.07) is 22.4. The van der Waals surface area contributed by atoms with E-state index in [1.807, 2.05) is 88.4 Å². The second-order valence-electron chi connectivity index (χ2n) is 16.4. The van der Waals surface area contributed by atoms with Crippen LogP contribution in [0.4, 0.5) is 0 Å². The molecule has 0 atom stereocenters. The fourth-order valence-electron chi connectivity index (χ4n) is 8.92. The molecule has 76 heavy (non-hydrogen) atoms. The number of aromatic nitrogens is 24. The second-order valence-corrected chi connectivity index (χ2v) is 16.4. The van der Waals surface area contributed by atoms with Gasteiger partial charge in [-0.25, -0.2) is 19.9 Å². The molecule has 16 rings (SSSR count). The minimum absolute atomic E-state index is 0. The molecule has 0 fully saturated rings. The number of ketones is 4. The molecule has 4 aromatic carbocycles.